The monoisotopic (exact) mass is 304 g/mol. The summed E-state index contributed by atoms with van der Waals surface area (Å²) in [6.45, 7) is 1.69. The van der Waals surface area contributed by atoms with Crippen molar-refractivity contribution >= 4 is 21.9 Å². The average molecular weight is 305 g/mol. The van der Waals surface area contributed by atoms with Gasteiger partial charge in [0.25, 0.3) is 0 Å². The Labute approximate surface area is 107 Å². The number of hydrogen-bond acceptors (Lipinski definition) is 5. The third kappa shape index (κ3) is 2.53. The van der Waals surface area contributed by atoms with Gasteiger partial charge in [-0.25, -0.2) is 4.79 Å². The molecule has 0 aliphatic carbocycles. The Morgan fingerprint density at radius 1 is 1.47 bits per heavy atom. The van der Waals surface area contributed by atoms with Gasteiger partial charge in [-0.15, -0.1) is 0 Å². The topological polar surface area (TPSA) is 76.0 Å². The van der Waals surface area contributed by atoms with Gasteiger partial charge in [-0.05, 0) is 34.5 Å². The Kier molecular flexibility index (Phi) is 4.36. The van der Waals surface area contributed by atoms with Gasteiger partial charge in [0.2, 0.25) is 0 Å². The first-order chi connectivity index (χ1) is 7.93. The summed E-state index contributed by atoms with van der Waals surface area (Å²) in [5.41, 5.74) is 0.861. The largest absolute Gasteiger partial charge is 0.503 e. The van der Waals surface area contributed by atoms with Crippen molar-refractivity contribution in [3.63, 3.8) is 0 Å². The molecule has 0 radical (unpaired) electrons. The number of halogens is 1. The van der Waals surface area contributed by atoms with E-state index in [0.717, 1.165) is 0 Å². The van der Waals surface area contributed by atoms with Crippen LogP contribution >= 0.6 is 15.9 Å². The number of aryl methyl sites for hydroxylation is 1. The van der Waals surface area contributed by atoms with Crippen LogP contribution in [0.1, 0.15) is 17.2 Å². The van der Waals surface area contributed by atoms with Gasteiger partial charge in [-0.3, -0.25) is 0 Å². The first kappa shape index (κ1) is 13.8. The molecule has 0 amide bonds. The van der Waals surface area contributed by atoms with E-state index in [4.69, 9.17) is 4.74 Å². The van der Waals surface area contributed by atoms with Crippen molar-refractivity contribution in [3.05, 3.63) is 21.7 Å². The number of aromatic hydroxyl groups is 1. The van der Waals surface area contributed by atoms with Crippen LogP contribution in [-0.4, -0.2) is 30.4 Å². The number of ether oxygens (including phenoxy) is 2. The van der Waals surface area contributed by atoms with Crippen LogP contribution < -0.4 is 4.74 Å². The zero-order chi connectivity index (χ0) is 13.2. The highest BCUT2D eigenvalue weighted by Gasteiger charge is 2.26. The van der Waals surface area contributed by atoms with Crippen molar-refractivity contribution in [3.8, 4) is 11.5 Å². The molecule has 5 nitrogen and oxygen atoms in total. The number of methoxy groups -OCH3 is 2. The third-order valence-electron chi connectivity index (χ3n) is 2.37. The highest BCUT2D eigenvalue weighted by molar-refractivity contribution is 9.10. The van der Waals surface area contributed by atoms with Gasteiger partial charge in [-0.2, -0.15) is 0 Å². The van der Waals surface area contributed by atoms with Crippen LogP contribution in [0.3, 0.4) is 0 Å². The fourth-order valence-electron chi connectivity index (χ4n) is 1.47. The smallest absolute Gasteiger partial charge is 0.339 e. The molecule has 6 heteroatoms. The van der Waals surface area contributed by atoms with Gasteiger partial charge >= 0.3 is 5.97 Å². The van der Waals surface area contributed by atoms with E-state index in [1.54, 1.807) is 6.92 Å². The van der Waals surface area contributed by atoms with Crippen molar-refractivity contribution in [2.24, 2.45) is 0 Å². The van der Waals surface area contributed by atoms with E-state index in [1.807, 2.05) is 0 Å². The molecule has 0 saturated heterocycles. The molecule has 1 atom stereocenters. The molecular weight excluding hydrogens is 292 g/mol. The predicted molar refractivity (Wildman–Crippen MR) is 64.1 cm³/mol. The van der Waals surface area contributed by atoms with Crippen LogP contribution in [0.2, 0.25) is 0 Å². The van der Waals surface area contributed by atoms with Crippen LogP contribution in [0.25, 0.3) is 0 Å². The Bertz CT molecular complexity index is 444. The normalized spacial score (nSPS) is 12.1. The van der Waals surface area contributed by atoms with E-state index in [1.165, 1.54) is 20.3 Å². The van der Waals surface area contributed by atoms with Crippen LogP contribution in [-0.2, 0) is 9.53 Å². The molecule has 1 aromatic carbocycles. The second-order valence-corrected chi connectivity index (χ2v) is 4.19. The lowest BCUT2D eigenvalue weighted by Crippen LogP contribution is -2.15. The van der Waals surface area contributed by atoms with Crippen LogP contribution in [0.5, 0.6) is 11.5 Å². The number of phenolic OH excluding ortho intramolecular Hbond substituents is 1. The summed E-state index contributed by atoms with van der Waals surface area (Å²) in [4.78, 5) is 11.3. The predicted octanol–water partition coefficient (Wildman–Crippen LogP) is 1.68. The zero-order valence-corrected chi connectivity index (χ0v) is 11.2. The molecule has 1 unspecified atom stereocenters. The lowest BCUT2D eigenvalue weighted by atomic mass is 10.0. The lowest BCUT2D eigenvalue weighted by molar-refractivity contribution is -0.150. The molecule has 0 fully saturated rings. The number of aliphatic hydroxyl groups excluding tert-OH is 1. The minimum atomic E-state index is -1.45. The van der Waals surface area contributed by atoms with Crippen LogP contribution in [0.15, 0.2) is 10.5 Å². The zero-order valence-electron chi connectivity index (χ0n) is 9.65. The number of esters is 1. The minimum absolute atomic E-state index is 0.170. The standard InChI is InChI=1S/C11H13BrO5/c1-5-4-6(16-2)9(13)8(12)7(5)10(14)11(15)17-3/h4,10,13-14H,1-3H3. The molecule has 2 N–H and O–H groups in total. The highest BCUT2D eigenvalue weighted by atomic mass is 79.9. The van der Waals surface area contributed by atoms with Crippen molar-refractivity contribution in [2.45, 2.75) is 13.0 Å². The van der Waals surface area contributed by atoms with Crippen molar-refractivity contribution < 1.29 is 24.5 Å². The van der Waals surface area contributed by atoms with Crippen LogP contribution in [0.4, 0.5) is 0 Å². The van der Waals surface area contributed by atoms with Gasteiger partial charge in [0, 0.05) is 5.56 Å². The summed E-state index contributed by atoms with van der Waals surface area (Å²) in [6, 6.07) is 1.53. The van der Waals surface area contributed by atoms with E-state index in [9.17, 15) is 15.0 Å². The number of benzene rings is 1. The first-order valence-electron chi connectivity index (χ1n) is 4.75. The molecule has 0 aliphatic rings. The molecule has 0 aliphatic heterocycles. The molecule has 94 valence electrons. The Morgan fingerprint density at radius 2 is 2.06 bits per heavy atom. The Morgan fingerprint density at radius 3 is 2.53 bits per heavy atom. The number of phenols is 1. The summed E-state index contributed by atoms with van der Waals surface area (Å²) >= 11 is 3.12. The van der Waals surface area contributed by atoms with Crippen molar-refractivity contribution in [1.82, 2.24) is 0 Å². The van der Waals surface area contributed by atoms with Gasteiger partial charge in [-0.1, -0.05) is 0 Å². The van der Waals surface area contributed by atoms with Gasteiger partial charge < -0.3 is 19.7 Å². The Balaban J connectivity index is 3.35. The SMILES string of the molecule is COC(=O)C(O)c1c(C)cc(OC)c(O)c1Br. The number of rotatable bonds is 3. The molecule has 17 heavy (non-hydrogen) atoms. The molecule has 0 spiro atoms. The highest BCUT2D eigenvalue weighted by Crippen LogP contribution is 2.41. The fraction of sp³-hybridized carbons (Fsp3) is 0.364. The second kappa shape index (κ2) is 5.37. The third-order valence-corrected chi connectivity index (χ3v) is 3.17. The maximum absolute atomic E-state index is 11.3. The number of aliphatic hydroxyl groups is 1. The minimum Gasteiger partial charge on any atom is -0.503 e. The maximum Gasteiger partial charge on any atom is 0.339 e. The van der Waals surface area contributed by atoms with E-state index in [-0.39, 0.29) is 21.5 Å². The summed E-state index contributed by atoms with van der Waals surface area (Å²) in [5, 5.41) is 19.6. The van der Waals surface area contributed by atoms with Crippen molar-refractivity contribution in [1.29, 1.82) is 0 Å². The number of carbonyl (C=O) groups excluding carboxylic acids is 1. The lowest BCUT2D eigenvalue weighted by Gasteiger charge is -2.16. The molecule has 0 saturated carbocycles. The summed E-state index contributed by atoms with van der Waals surface area (Å²) < 4.78 is 9.62. The van der Waals surface area contributed by atoms with Crippen molar-refractivity contribution in [2.75, 3.05) is 14.2 Å². The Hall–Kier alpha value is -1.27. The molecular formula is C11H13BrO5. The fourth-order valence-corrected chi connectivity index (χ4v) is 2.20. The molecule has 0 aromatic heterocycles. The average Bonchev–Trinajstić information content (AvgIpc) is 2.32. The summed E-state index contributed by atoms with van der Waals surface area (Å²) in [7, 11) is 2.59. The van der Waals surface area contributed by atoms with Gasteiger partial charge in [0.05, 0.1) is 18.7 Å². The second-order valence-electron chi connectivity index (χ2n) is 3.40. The number of hydrogen-bond donors (Lipinski definition) is 2. The summed E-state index contributed by atoms with van der Waals surface area (Å²) in [5.74, 6) is -0.704. The number of carbonyl (C=O) groups is 1. The van der Waals surface area contributed by atoms with E-state index in [2.05, 4.69) is 20.7 Å². The van der Waals surface area contributed by atoms with E-state index in [0.29, 0.717) is 5.56 Å². The van der Waals surface area contributed by atoms with E-state index < -0.39 is 12.1 Å². The molecule has 0 heterocycles. The summed E-state index contributed by atoms with van der Waals surface area (Å²) in [6.07, 6.45) is -1.45. The van der Waals surface area contributed by atoms with E-state index >= 15 is 0 Å². The molecule has 1 rings (SSSR count). The van der Waals surface area contributed by atoms with Gasteiger partial charge in [0.1, 0.15) is 0 Å². The molecule has 0 bridgehead atoms. The molecule has 1 aromatic rings. The van der Waals surface area contributed by atoms with Gasteiger partial charge in [0.15, 0.2) is 17.6 Å². The quantitative estimate of drug-likeness (QED) is 0.831. The first-order valence-corrected chi connectivity index (χ1v) is 5.55. The maximum atomic E-state index is 11.3. The van der Waals surface area contributed by atoms with Crippen LogP contribution in [0, 0.1) is 6.92 Å².